The first-order chi connectivity index (χ1) is 9.06. The second-order valence-electron chi connectivity index (χ2n) is 3.68. The topological polar surface area (TPSA) is 39.2 Å². The van der Waals surface area contributed by atoms with Crippen molar-refractivity contribution in [3.05, 3.63) is 62.3 Å². The van der Waals surface area contributed by atoms with Crippen LogP contribution in [-0.4, -0.2) is 11.0 Å². The van der Waals surface area contributed by atoms with Gasteiger partial charge in [0, 0.05) is 4.47 Å². The van der Waals surface area contributed by atoms with E-state index in [1.165, 1.54) is 12.1 Å². The molecule has 6 heteroatoms. The average molecular weight is 361 g/mol. The highest BCUT2D eigenvalue weighted by Gasteiger charge is 2.13. The summed E-state index contributed by atoms with van der Waals surface area (Å²) >= 11 is 14.8. The van der Waals surface area contributed by atoms with Gasteiger partial charge in [-0.2, -0.15) is 0 Å². The van der Waals surface area contributed by atoms with E-state index < -0.39 is 5.97 Å². The van der Waals surface area contributed by atoms with Gasteiger partial charge in [0.15, 0.2) is 0 Å². The fourth-order valence-corrected chi connectivity index (χ4v) is 2.29. The first-order valence-corrected chi connectivity index (χ1v) is 6.85. The van der Waals surface area contributed by atoms with E-state index in [9.17, 15) is 4.79 Å². The fraction of sp³-hybridized carbons (Fsp3) is 0.0769. The number of benzene rings is 1. The summed E-state index contributed by atoms with van der Waals surface area (Å²) in [4.78, 5) is 15.6. The number of hydrogen-bond donors (Lipinski definition) is 0. The minimum atomic E-state index is -0.533. The Morgan fingerprint density at radius 1 is 1.26 bits per heavy atom. The van der Waals surface area contributed by atoms with Crippen molar-refractivity contribution >= 4 is 45.1 Å². The van der Waals surface area contributed by atoms with Crippen LogP contribution in [0.1, 0.15) is 15.9 Å². The molecule has 0 spiro atoms. The smallest absolute Gasteiger partial charge is 0.341 e. The number of carbonyl (C=O) groups excluding carboxylic acids is 1. The van der Waals surface area contributed by atoms with Gasteiger partial charge in [0.1, 0.15) is 16.9 Å². The molecule has 0 fully saturated rings. The molecule has 0 aliphatic rings. The first kappa shape index (κ1) is 14.3. The van der Waals surface area contributed by atoms with Crippen LogP contribution in [-0.2, 0) is 11.3 Å². The number of pyridine rings is 1. The minimum Gasteiger partial charge on any atom is -0.457 e. The van der Waals surface area contributed by atoms with E-state index in [0.29, 0.717) is 0 Å². The molecule has 0 saturated heterocycles. The number of esters is 1. The Kier molecular flexibility index (Phi) is 4.80. The van der Waals surface area contributed by atoms with Gasteiger partial charge in [0.25, 0.3) is 0 Å². The van der Waals surface area contributed by atoms with Gasteiger partial charge in [-0.05, 0) is 29.8 Å². The van der Waals surface area contributed by atoms with E-state index in [-0.39, 0.29) is 22.5 Å². The zero-order valence-corrected chi connectivity index (χ0v) is 12.7. The molecular formula is C13H8BrCl2NO2. The van der Waals surface area contributed by atoms with E-state index in [1.807, 2.05) is 24.3 Å². The lowest BCUT2D eigenvalue weighted by Crippen LogP contribution is -2.06. The Balaban J connectivity index is 2.05. The second kappa shape index (κ2) is 6.37. The number of carbonyl (C=O) groups is 1. The molecule has 0 aliphatic carbocycles. The van der Waals surface area contributed by atoms with Crippen LogP contribution < -0.4 is 0 Å². The number of nitrogens with zero attached hydrogens (tertiary/aromatic N) is 1. The normalized spacial score (nSPS) is 10.3. The molecule has 0 bridgehead atoms. The van der Waals surface area contributed by atoms with Crippen molar-refractivity contribution in [3.8, 4) is 0 Å². The number of halogens is 3. The number of hydrogen-bond acceptors (Lipinski definition) is 3. The predicted octanol–water partition coefficient (Wildman–Crippen LogP) is 4.51. The summed E-state index contributed by atoms with van der Waals surface area (Å²) in [6.07, 6.45) is 0. The number of rotatable bonds is 3. The van der Waals surface area contributed by atoms with Crippen LogP contribution in [0.15, 0.2) is 40.9 Å². The highest BCUT2D eigenvalue weighted by atomic mass is 79.9. The lowest BCUT2D eigenvalue weighted by molar-refractivity contribution is 0.0472. The average Bonchev–Trinajstić information content (AvgIpc) is 2.36. The molecule has 2 rings (SSSR count). The van der Waals surface area contributed by atoms with Gasteiger partial charge in [-0.25, -0.2) is 9.78 Å². The van der Waals surface area contributed by atoms with E-state index >= 15 is 0 Å². The van der Waals surface area contributed by atoms with Crippen molar-refractivity contribution in [1.82, 2.24) is 4.98 Å². The molecule has 98 valence electrons. The van der Waals surface area contributed by atoms with E-state index in [4.69, 9.17) is 27.9 Å². The highest BCUT2D eigenvalue weighted by Crippen LogP contribution is 2.18. The predicted molar refractivity (Wildman–Crippen MR) is 77.5 cm³/mol. The molecule has 3 nitrogen and oxygen atoms in total. The SMILES string of the molecule is O=C(OCc1cccc(Br)c1)c1ccc(Cl)nc1Cl. The van der Waals surface area contributed by atoms with Crippen LogP contribution in [0.25, 0.3) is 0 Å². The van der Waals surface area contributed by atoms with Gasteiger partial charge in [0.2, 0.25) is 0 Å². The van der Waals surface area contributed by atoms with Crippen molar-refractivity contribution in [1.29, 1.82) is 0 Å². The second-order valence-corrected chi connectivity index (χ2v) is 5.34. The van der Waals surface area contributed by atoms with Crippen molar-refractivity contribution < 1.29 is 9.53 Å². The van der Waals surface area contributed by atoms with Crippen LogP contribution in [0.5, 0.6) is 0 Å². The van der Waals surface area contributed by atoms with Gasteiger partial charge in [-0.1, -0.05) is 51.3 Å². The summed E-state index contributed by atoms with van der Waals surface area (Å²) in [6, 6.07) is 10.5. The van der Waals surface area contributed by atoms with E-state index in [0.717, 1.165) is 10.0 Å². The van der Waals surface area contributed by atoms with E-state index in [1.54, 1.807) is 0 Å². The monoisotopic (exact) mass is 359 g/mol. The van der Waals surface area contributed by atoms with Gasteiger partial charge < -0.3 is 4.74 Å². The molecular weight excluding hydrogens is 353 g/mol. The Morgan fingerprint density at radius 2 is 2.05 bits per heavy atom. The molecule has 0 radical (unpaired) electrons. The zero-order valence-electron chi connectivity index (χ0n) is 9.57. The van der Waals surface area contributed by atoms with Crippen LogP contribution >= 0.6 is 39.1 Å². The van der Waals surface area contributed by atoms with Gasteiger partial charge in [0.05, 0.1) is 5.56 Å². The lowest BCUT2D eigenvalue weighted by Gasteiger charge is -2.06. The summed E-state index contributed by atoms with van der Waals surface area (Å²) in [5.41, 5.74) is 1.07. The van der Waals surface area contributed by atoms with Crippen molar-refractivity contribution in [2.45, 2.75) is 6.61 Å². The Bertz CT molecular complexity index is 619. The molecule has 1 aromatic heterocycles. The van der Waals surface area contributed by atoms with Crippen LogP contribution in [0.4, 0.5) is 0 Å². The van der Waals surface area contributed by atoms with Gasteiger partial charge >= 0.3 is 5.97 Å². The van der Waals surface area contributed by atoms with Crippen LogP contribution in [0, 0.1) is 0 Å². The van der Waals surface area contributed by atoms with Gasteiger partial charge in [-0.15, -0.1) is 0 Å². The molecule has 2 aromatic rings. The molecule has 0 aliphatic heterocycles. The minimum absolute atomic E-state index is 0.0340. The number of ether oxygens (including phenoxy) is 1. The maximum atomic E-state index is 11.8. The summed E-state index contributed by atoms with van der Waals surface area (Å²) in [5.74, 6) is -0.533. The van der Waals surface area contributed by atoms with Crippen molar-refractivity contribution in [3.63, 3.8) is 0 Å². The Morgan fingerprint density at radius 3 is 2.74 bits per heavy atom. The third-order valence-electron chi connectivity index (χ3n) is 2.29. The van der Waals surface area contributed by atoms with Gasteiger partial charge in [-0.3, -0.25) is 0 Å². The standard InChI is InChI=1S/C13H8BrCl2NO2/c14-9-3-1-2-8(6-9)7-19-13(18)10-4-5-11(15)17-12(10)16/h1-6H,7H2. The molecule has 0 unspecified atom stereocenters. The molecule has 1 heterocycles. The summed E-state index contributed by atoms with van der Waals surface area (Å²) < 4.78 is 6.09. The van der Waals surface area contributed by atoms with Crippen LogP contribution in [0.3, 0.4) is 0 Å². The maximum absolute atomic E-state index is 11.8. The number of aromatic nitrogens is 1. The zero-order chi connectivity index (χ0) is 13.8. The van der Waals surface area contributed by atoms with Crippen LogP contribution in [0.2, 0.25) is 10.3 Å². The molecule has 19 heavy (non-hydrogen) atoms. The molecule has 0 saturated carbocycles. The Labute approximate surface area is 128 Å². The van der Waals surface area contributed by atoms with Crippen molar-refractivity contribution in [2.24, 2.45) is 0 Å². The van der Waals surface area contributed by atoms with Crippen molar-refractivity contribution in [2.75, 3.05) is 0 Å². The molecule has 0 atom stereocenters. The summed E-state index contributed by atoms with van der Waals surface area (Å²) in [6.45, 7) is 0.164. The molecule has 0 amide bonds. The third kappa shape index (κ3) is 3.93. The maximum Gasteiger partial charge on any atom is 0.341 e. The quantitative estimate of drug-likeness (QED) is 0.597. The largest absolute Gasteiger partial charge is 0.457 e. The first-order valence-electron chi connectivity index (χ1n) is 5.30. The Hall–Kier alpha value is -1.10. The lowest BCUT2D eigenvalue weighted by atomic mass is 10.2. The van der Waals surface area contributed by atoms with E-state index in [2.05, 4.69) is 20.9 Å². The summed E-state index contributed by atoms with van der Waals surface area (Å²) in [5, 5.41) is 0.264. The molecule has 0 N–H and O–H groups in total. The summed E-state index contributed by atoms with van der Waals surface area (Å²) in [7, 11) is 0. The molecule has 1 aromatic carbocycles. The highest BCUT2D eigenvalue weighted by molar-refractivity contribution is 9.10. The third-order valence-corrected chi connectivity index (χ3v) is 3.29. The fourth-order valence-electron chi connectivity index (χ4n) is 1.42.